The molecule has 1 unspecified atom stereocenters. The molecule has 0 bridgehead atoms. The summed E-state index contributed by atoms with van der Waals surface area (Å²) in [5.41, 5.74) is 3.91. The van der Waals surface area contributed by atoms with Crippen molar-refractivity contribution in [3.05, 3.63) is 65.1 Å². The highest BCUT2D eigenvalue weighted by Crippen LogP contribution is 2.40. The number of hydrogen-bond donors (Lipinski definition) is 1. The predicted octanol–water partition coefficient (Wildman–Crippen LogP) is 5.61. The van der Waals surface area contributed by atoms with E-state index in [2.05, 4.69) is 4.98 Å². The lowest BCUT2D eigenvalue weighted by molar-refractivity contribution is -0.136. The van der Waals surface area contributed by atoms with Gasteiger partial charge in [0.1, 0.15) is 0 Å². The Bertz CT molecular complexity index is 1010. The normalized spacial score (nSPS) is 17.5. The maximum absolute atomic E-state index is 14.0. The molecular weight excluding hydrogens is 384 g/mol. The second-order valence-electron chi connectivity index (χ2n) is 7.36. The Morgan fingerprint density at radius 2 is 1.97 bits per heavy atom. The zero-order valence-electron chi connectivity index (χ0n) is 16.0. The van der Waals surface area contributed by atoms with Crippen LogP contribution < -0.4 is 4.74 Å². The van der Waals surface area contributed by atoms with E-state index in [1.807, 2.05) is 29.2 Å². The molecule has 1 N–H and O–H groups in total. The van der Waals surface area contributed by atoms with Gasteiger partial charge in [0, 0.05) is 29.6 Å². The molecule has 0 fully saturated rings. The molecular formula is C22H22F4N2O. The zero-order valence-corrected chi connectivity index (χ0v) is 16.0. The summed E-state index contributed by atoms with van der Waals surface area (Å²) in [6.07, 6.45) is -4.22. The van der Waals surface area contributed by atoms with Crippen molar-refractivity contribution in [3.63, 3.8) is 0 Å². The summed E-state index contributed by atoms with van der Waals surface area (Å²) in [6, 6.07) is 12.3. The second kappa shape index (κ2) is 7.71. The molecule has 154 valence electrons. The summed E-state index contributed by atoms with van der Waals surface area (Å²) in [6.45, 7) is 0.940. The SMILES string of the molecule is COc1cc(C2c3[nH]c4ccccc4c3CCN2CCCC(F)(F)F)ccc1F. The summed E-state index contributed by atoms with van der Waals surface area (Å²) >= 11 is 0. The minimum atomic E-state index is -4.17. The van der Waals surface area contributed by atoms with Gasteiger partial charge < -0.3 is 9.72 Å². The highest BCUT2D eigenvalue weighted by Gasteiger charge is 2.33. The summed E-state index contributed by atoms with van der Waals surface area (Å²) in [4.78, 5) is 5.49. The van der Waals surface area contributed by atoms with Crippen molar-refractivity contribution in [1.29, 1.82) is 0 Å². The highest BCUT2D eigenvalue weighted by molar-refractivity contribution is 5.85. The van der Waals surface area contributed by atoms with Gasteiger partial charge in [0.05, 0.1) is 13.2 Å². The van der Waals surface area contributed by atoms with Crippen molar-refractivity contribution in [2.45, 2.75) is 31.5 Å². The summed E-state index contributed by atoms with van der Waals surface area (Å²) in [7, 11) is 1.40. The van der Waals surface area contributed by atoms with Gasteiger partial charge in [0.2, 0.25) is 0 Å². The lowest BCUT2D eigenvalue weighted by atomic mass is 9.92. The van der Waals surface area contributed by atoms with Gasteiger partial charge in [-0.3, -0.25) is 4.90 Å². The molecule has 3 nitrogen and oxygen atoms in total. The fourth-order valence-corrected chi connectivity index (χ4v) is 4.24. The third kappa shape index (κ3) is 3.96. The first-order valence-electron chi connectivity index (χ1n) is 9.61. The minimum absolute atomic E-state index is 0.0217. The van der Waals surface area contributed by atoms with Crippen molar-refractivity contribution >= 4 is 10.9 Å². The van der Waals surface area contributed by atoms with Crippen molar-refractivity contribution < 1.29 is 22.3 Å². The van der Waals surface area contributed by atoms with Crippen LogP contribution in [-0.2, 0) is 6.42 Å². The van der Waals surface area contributed by atoms with Gasteiger partial charge in [0.25, 0.3) is 0 Å². The fraction of sp³-hybridized carbons (Fsp3) is 0.364. The molecule has 29 heavy (non-hydrogen) atoms. The first-order valence-corrected chi connectivity index (χ1v) is 9.61. The number of benzene rings is 2. The van der Waals surface area contributed by atoms with Crippen molar-refractivity contribution in [3.8, 4) is 5.75 Å². The van der Waals surface area contributed by atoms with E-state index < -0.39 is 18.4 Å². The third-order valence-electron chi connectivity index (χ3n) is 5.53. The van der Waals surface area contributed by atoms with E-state index in [1.165, 1.54) is 18.7 Å². The van der Waals surface area contributed by atoms with E-state index in [9.17, 15) is 17.6 Å². The molecule has 1 aromatic heterocycles. The van der Waals surface area contributed by atoms with Crippen LogP contribution in [0.15, 0.2) is 42.5 Å². The number of aromatic nitrogens is 1. The number of aromatic amines is 1. The zero-order chi connectivity index (χ0) is 20.6. The molecule has 4 rings (SSSR count). The maximum atomic E-state index is 14.0. The van der Waals surface area contributed by atoms with Crippen LogP contribution in [0.4, 0.5) is 17.6 Å². The van der Waals surface area contributed by atoms with Crippen molar-refractivity contribution in [2.75, 3.05) is 20.2 Å². The van der Waals surface area contributed by atoms with Crippen LogP contribution in [0, 0.1) is 5.82 Å². The molecule has 2 aromatic carbocycles. The number of ether oxygens (including phenoxy) is 1. The molecule has 2 heterocycles. The number of nitrogens with one attached hydrogen (secondary N) is 1. The third-order valence-corrected chi connectivity index (χ3v) is 5.53. The quantitative estimate of drug-likeness (QED) is 0.558. The average Bonchev–Trinajstić information content (AvgIpc) is 3.06. The monoisotopic (exact) mass is 406 g/mol. The molecule has 1 aliphatic heterocycles. The van der Waals surface area contributed by atoms with E-state index in [1.54, 1.807) is 12.1 Å². The van der Waals surface area contributed by atoms with Gasteiger partial charge in [-0.25, -0.2) is 4.39 Å². The number of halogens is 4. The standard InChI is InChI=1S/C22H22F4N2O/c1-29-19-13-14(7-8-17(19)23)21-20-16(15-5-2-3-6-18(15)27-20)9-12-28(21)11-4-10-22(24,25)26/h2-3,5-8,13,21,27H,4,9-12H2,1H3. The van der Waals surface area contributed by atoms with Gasteiger partial charge >= 0.3 is 6.18 Å². The van der Waals surface area contributed by atoms with Gasteiger partial charge in [-0.2, -0.15) is 13.2 Å². The van der Waals surface area contributed by atoms with Crippen molar-refractivity contribution in [1.82, 2.24) is 9.88 Å². The molecule has 1 aliphatic rings. The number of fused-ring (bicyclic) bond motifs is 3. The number of rotatable bonds is 5. The largest absolute Gasteiger partial charge is 0.494 e. The summed E-state index contributed by atoms with van der Waals surface area (Å²) < 4.78 is 57.1. The molecule has 0 amide bonds. The van der Waals surface area contributed by atoms with E-state index in [-0.39, 0.29) is 18.2 Å². The molecule has 3 aromatic rings. The van der Waals surface area contributed by atoms with Crippen LogP contribution >= 0.6 is 0 Å². The number of nitrogens with zero attached hydrogens (tertiary/aromatic N) is 1. The van der Waals surface area contributed by atoms with Crippen LogP contribution in [0.1, 0.15) is 35.7 Å². The van der Waals surface area contributed by atoms with Crippen LogP contribution in [0.25, 0.3) is 10.9 Å². The number of hydrogen-bond acceptors (Lipinski definition) is 2. The molecule has 0 radical (unpaired) electrons. The Labute approximate surface area is 166 Å². The van der Waals surface area contributed by atoms with E-state index in [0.29, 0.717) is 13.1 Å². The van der Waals surface area contributed by atoms with Crippen LogP contribution in [0.2, 0.25) is 0 Å². The Kier molecular flexibility index (Phi) is 5.25. The van der Waals surface area contributed by atoms with Crippen LogP contribution in [-0.4, -0.2) is 36.3 Å². The highest BCUT2D eigenvalue weighted by atomic mass is 19.4. The lowest BCUT2D eigenvalue weighted by Gasteiger charge is -2.36. The van der Waals surface area contributed by atoms with Crippen LogP contribution in [0.3, 0.4) is 0 Å². The van der Waals surface area contributed by atoms with E-state index in [4.69, 9.17) is 4.74 Å². The second-order valence-corrected chi connectivity index (χ2v) is 7.36. The van der Waals surface area contributed by atoms with Gasteiger partial charge in [-0.1, -0.05) is 24.3 Å². The van der Waals surface area contributed by atoms with Gasteiger partial charge in [0.15, 0.2) is 11.6 Å². The smallest absolute Gasteiger partial charge is 0.389 e. The fourth-order valence-electron chi connectivity index (χ4n) is 4.24. The molecule has 0 saturated carbocycles. The molecule has 0 spiro atoms. The molecule has 1 atom stereocenters. The summed E-state index contributed by atoms with van der Waals surface area (Å²) in [5, 5.41) is 1.12. The predicted molar refractivity (Wildman–Crippen MR) is 104 cm³/mol. The van der Waals surface area contributed by atoms with Crippen molar-refractivity contribution in [2.24, 2.45) is 0 Å². The molecule has 0 aliphatic carbocycles. The summed E-state index contributed by atoms with van der Waals surface area (Å²) in [5.74, 6) is -0.339. The Hall–Kier alpha value is -2.54. The number of H-pyrrole nitrogens is 1. The number of alkyl halides is 3. The lowest BCUT2D eigenvalue weighted by Crippen LogP contribution is -2.37. The van der Waals surface area contributed by atoms with E-state index in [0.717, 1.165) is 28.6 Å². The topological polar surface area (TPSA) is 28.3 Å². The Balaban J connectivity index is 1.74. The molecule has 7 heteroatoms. The minimum Gasteiger partial charge on any atom is -0.494 e. The van der Waals surface area contributed by atoms with E-state index >= 15 is 0 Å². The molecule has 0 saturated heterocycles. The maximum Gasteiger partial charge on any atom is 0.389 e. The Morgan fingerprint density at radius 1 is 1.17 bits per heavy atom. The Morgan fingerprint density at radius 3 is 2.72 bits per heavy atom. The average molecular weight is 406 g/mol. The first-order chi connectivity index (χ1) is 13.9. The van der Waals surface area contributed by atoms with Gasteiger partial charge in [-0.05, 0) is 48.7 Å². The number of methoxy groups -OCH3 is 1. The first kappa shape index (κ1) is 19.8. The van der Waals surface area contributed by atoms with Crippen LogP contribution in [0.5, 0.6) is 5.75 Å². The van der Waals surface area contributed by atoms with Gasteiger partial charge in [-0.15, -0.1) is 0 Å². The number of para-hydroxylation sites is 1.